The van der Waals surface area contributed by atoms with Crippen LogP contribution >= 0.6 is 0 Å². The van der Waals surface area contributed by atoms with Gasteiger partial charge in [-0.3, -0.25) is 0 Å². The van der Waals surface area contributed by atoms with E-state index >= 15 is 0 Å². The van der Waals surface area contributed by atoms with E-state index in [2.05, 4.69) is 0 Å². The van der Waals surface area contributed by atoms with Crippen LogP contribution in [0.5, 0.6) is 0 Å². The van der Waals surface area contributed by atoms with Gasteiger partial charge in [-0.05, 0) is 19.4 Å². The quantitative estimate of drug-likeness (QED) is 0.336. The Morgan fingerprint density at radius 3 is 1.75 bits per heavy atom. The molecule has 0 rings (SSSR count). The summed E-state index contributed by atoms with van der Waals surface area (Å²) in [5.41, 5.74) is 5.10. The van der Waals surface area contributed by atoms with Gasteiger partial charge in [0.05, 0.1) is 0 Å². The van der Waals surface area contributed by atoms with Gasteiger partial charge in [-0.2, -0.15) is 0 Å². The van der Waals surface area contributed by atoms with E-state index in [9.17, 15) is 0 Å². The molecule has 0 aliphatic carbocycles. The summed E-state index contributed by atoms with van der Waals surface area (Å²) in [6.45, 7) is 0.970. The Balaban J connectivity index is -0.000000125. The minimum absolute atomic E-state index is 0. The van der Waals surface area contributed by atoms with E-state index in [1.54, 1.807) is 0 Å². The minimum atomic E-state index is 0. The molecule has 0 heterocycles. The van der Waals surface area contributed by atoms with Crippen molar-refractivity contribution < 1.29 is 5.11 Å². The zero-order chi connectivity index (χ0) is 4.83. The Morgan fingerprint density at radius 2 is 1.62 bits per heavy atom. The van der Waals surface area contributed by atoms with Crippen molar-refractivity contribution in [2.75, 3.05) is 13.2 Å². The Morgan fingerprint density at radius 1 is 1.12 bits per heavy atom. The third-order valence-electron chi connectivity index (χ3n) is 0.612. The molecule has 0 aromatic rings. The SMILES string of the molecule is NCCCCO.[LiH].[LiH]. The van der Waals surface area contributed by atoms with Gasteiger partial charge in [0.1, 0.15) is 0 Å². The second kappa shape index (κ2) is 15.7. The van der Waals surface area contributed by atoms with Crippen LogP contribution in [0.15, 0.2) is 0 Å². The number of unbranched alkanes of at least 4 members (excludes halogenated alkanes) is 1. The van der Waals surface area contributed by atoms with Crippen molar-refractivity contribution >= 4 is 37.7 Å². The molecule has 0 bridgehead atoms. The molecule has 0 saturated heterocycles. The zero-order valence-corrected chi connectivity index (χ0v) is 3.85. The van der Waals surface area contributed by atoms with E-state index < -0.39 is 0 Å². The third-order valence-corrected chi connectivity index (χ3v) is 0.612. The van der Waals surface area contributed by atoms with Gasteiger partial charge >= 0.3 is 37.7 Å². The molecular weight excluding hydrogens is 91.9 g/mol. The summed E-state index contributed by atoms with van der Waals surface area (Å²) in [4.78, 5) is 0. The summed E-state index contributed by atoms with van der Waals surface area (Å²) in [5, 5.41) is 8.14. The second-order valence-electron chi connectivity index (χ2n) is 1.22. The van der Waals surface area contributed by atoms with Crippen LogP contribution in [0.4, 0.5) is 0 Å². The monoisotopic (exact) mass is 105 g/mol. The number of aliphatic hydroxyl groups excluding tert-OH is 1. The van der Waals surface area contributed by atoms with E-state index in [0.29, 0.717) is 6.54 Å². The van der Waals surface area contributed by atoms with Crippen molar-refractivity contribution in [2.24, 2.45) is 5.73 Å². The first-order valence-electron chi connectivity index (χ1n) is 2.22. The van der Waals surface area contributed by atoms with Crippen molar-refractivity contribution in [3.05, 3.63) is 0 Å². The molecule has 0 fully saturated rings. The number of hydrogen-bond donors (Lipinski definition) is 2. The summed E-state index contributed by atoms with van der Waals surface area (Å²) in [6.07, 6.45) is 1.78. The predicted molar refractivity (Wildman–Crippen MR) is 39.7 cm³/mol. The summed E-state index contributed by atoms with van der Waals surface area (Å²) in [7, 11) is 0. The van der Waals surface area contributed by atoms with Crippen LogP contribution < -0.4 is 5.73 Å². The third kappa shape index (κ3) is 15.7. The van der Waals surface area contributed by atoms with E-state index in [-0.39, 0.29) is 44.3 Å². The van der Waals surface area contributed by atoms with E-state index in [0.717, 1.165) is 12.8 Å². The number of nitrogens with two attached hydrogens (primary N) is 1. The fraction of sp³-hybridized carbons (Fsp3) is 1.00. The van der Waals surface area contributed by atoms with Crippen LogP contribution in [0, 0.1) is 0 Å². The molecule has 0 saturated carbocycles. The molecular formula is C4H13Li2NO. The normalized spacial score (nSPS) is 6.75. The summed E-state index contributed by atoms with van der Waals surface area (Å²) < 4.78 is 0. The topological polar surface area (TPSA) is 46.2 Å². The van der Waals surface area contributed by atoms with Gasteiger partial charge in [0.25, 0.3) is 0 Å². The van der Waals surface area contributed by atoms with Gasteiger partial charge in [0.2, 0.25) is 0 Å². The molecule has 0 aliphatic rings. The molecule has 2 nitrogen and oxygen atoms in total. The molecule has 3 N–H and O–H groups in total. The molecule has 0 atom stereocenters. The Labute approximate surface area is 74.6 Å². The Hall–Kier alpha value is 1.11. The fourth-order valence-electron chi connectivity index (χ4n) is 0.256. The molecule has 0 aliphatic heterocycles. The first-order valence-corrected chi connectivity index (χ1v) is 2.22. The summed E-state index contributed by atoms with van der Waals surface area (Å²) in [5.74, 6) is 0. The number of aliphatic hydroxyl groups is 1. The first-order chi connectivity index (χ1) is 2.91. The molecule has 0 radical (unpaired) electrons. The van der Waals surface area contributed by atoms with E-state index in [1.165, 1.54) is 0 Å². The van der Waals surface area contributed by atoms with Crippen LogP contribution in [-0.2, 0) is 0 Å². The Bertz CT molecular complexity index is 26.0. The van der Waals surface area contributed by atoms with Gasteiger partial charge in [-0.15, -0.1) is 0 Å². The zero-order valence-electron chi connectivity index (χ0n) is 3.85. The first kappa shape index (κ1) is 16.1. The molecule has 4 heteroatoms. The van der Waals surface area contributed by atoms with Gasteiger partial charge in [-0.25, -0.2) is 0 Å². The van der Waals surface area contributed by atoms with Crippen molar-refractivity contribution in [1.82, 2.24) is 0 Å². The standard InChI is InChI=1S/C4H11NO.2Li.2H/c5-3-1-2-4-6;;;;/h6H,1-5H2;;;;. The fourth-order valence-corrected chi connectivity index (χ4v) is 0.256. The molecule has 42 valence electrons. The second-order valence-corrected chi connectivity index (χ2v) is 1.22. The van der Waals surface area contributed by atoms with E-state index in [4.69, 9.17) is 10.8 Å². The molecule has 8 heavy (non-hydrogen) atoms. The van der Waals surface area contributed by atoms with Crippen LogP contribution in [0.1, 0.15) is 12.8 Å². The van der Waals surface area contributed by atoms with Gasteiger partial charge in [0, 0.05) is 6.61 Å². The predicted octanol–water partition coefficient (Wildman–Crippen LogP) is -1.58. The van der Waals surface area contributed by atoms with Crippen LogP contribution in [-0.4, -0.2) is 56.0 Å². The van der Waals surface area contributed by atoms with Crippen molar-refractivity contribution in [3.63, 3.8) is 0 Å². The number of rotatable bonds is 3. The molecule has 0 aromatic carbocycles. The van der Waals surface area contributed by atoms with Crippen LogP contribution in [0.2, 0.25) is 0 Å². The van der Waals surface area contributed by atoms with Crippen molar-refractivity contribution in [3.8, 4) is 0 Å². The maximum absolute atomic E-state index is 8.14. The van der Waals surface area contributed by atoms with Crippen LogP contribution in [0.3, 0.4) is 0 Å². The molecule has 0 aromatic heterocycles. The van der Waals surface area contributed by atoms with Crippen LogP contribution in [0.25, 0.3) is 0 Å². The number of hydrogen-bond acceptors (Lipinski definition) is 2. The van der Waals surface area contributed by atoms with Gasteiger partial charge in [0.15, 0.2) is 0 Å². The Kier molecular flexibility index (Phi) is 31.5. The summed E-state index contributed by atoms with van der Waals surface area (Å²) in [6, 6.07) is 0. The maximum atomic E-state index is 8.14. The van der Waals surface area contributed by atoms with Gasteiger partial charge < -0.3 is 10.8 Å². The average Bonchev–Trinajstić information content (AvgIpc) is 1.61. The van der Waals surface area contributed by atoms with E-state index in [1.807, 2.05) is 0 Å². The summed E-state index contributed by atoms with van der Waals surface area (Å²) >= 11 is 0. The molecule has 0 spiro atoms. The average molecular weight is 105 g/mol. The molecule has 0 amide bonds. The van der Waals surface area contributed by atoms with Gasteiger partial charge in [-0.1, -0.05) is 0 Å². The molecule has 0 unspecified atom stereocenters. The van der Waals surface area contributed by atoms with Crippen molar-refractivity contribution in [2.45, 2.75) is 12.8 Å². The van der Waals surface area contributed by atoms with Crippen molar-refractivity contribution in [1.29, 1.82) is 0 Å².